The van der Waals surface area contributed by atoms with E-state index in [1.54, 1.807) is 12.4 Å². The number of hydrogen-bond acceptors (Lipinski definition) is 5. The van der Waals surface area contributed by atoms with Crippen LogP contribution < -0.4 is 10.6 Å². The normalized spacial score (nSPS) is 17.5. The first-order valence-corrected chi connectivity index (χ1v) is 9.08. The molecule has 1 unspecified atom stereocenters. The van der Waals surface area contributed by atoms with Gasteiger partial charge >= 0.3 is 6.03 Å². The van der Waals surface area contributed by atoms with Crippen LogP contribution in [0.2, 0.25) is 0 Å². The summed E-state index contributed by atoms with van der Waals surface area (Å²) in [6.07, 6.45) is 8.08. The van der Waals surface area contributed by atoms with E-state index in [1.165, 1.54) is 17.8 Å². The molecule has 2 aromatic heterocycles. The maximum absolute atomic E-state index is 12.0. The number of rotatable bonds is 5. The molecule has 3 rings (SSSR count). The fraction of sp³-hybridized carbons (Fsp3) is 0.471. The maximum atomic E-state index is 12.0. The number of anilines is 1. The van der Waals surface area contributed by atoms with Crippen molar-refractivity contribution in [1.29, 1.82) is 0 Å². The van der Waals surface area contributed by atoms with Gasteiger partial charge in [-0.05, 0) is 50.3 Å². The van der Waals surface area contributed by atoms with Crippen molar-refractivity contribution in [1.82, 2.24) is 15.3 Å². The van der Waals surface area contributed by atoms with Crippen LogP contribution in [0.25, 0.3) is 10.4 Å². The fourth-order valence-corrected chi connectivity index (χ4v) is 3.71. The Kier molecular flexibility index (Phi) is 5.77. The summed E-state index contributed by atoms with van der Waals surface area (Å²) in [6.45, 7) is 3.39. The van der Waals surface area contributed by atoms with Crippen molar-refractivity contribution >= 4 is 22.5 Å². The van der Waals surface area contributed by atoms with Crippen LogP contribution in [0.4, 0.5) is 9.93 Å². The Hall–Kier alpha value is -1.99. The van der Waals surface area contributed by atoms with Crippen LogP contribution in [0.1, 0.15) is 31.4 Å². The Morgan fingerprint density at radius 1 is 1.38 bits per heavy atom. The number of nitrogens with zero attached hydrogens (tertiary/aromatic N) is 2. The van der Waals surface area contributed by atoms with Gasteiger partial charge in [-0.2, -0.15) is 0 Å². The van der Waals surface area contributed by atoms with Crippen molar-refractivity contribution in [3.63, 3.8) is 0 Å². The van der Waals surface area contributed by atoms with Gasteiger partial charge in [-0.1, -0.05) is 11.3 Å². The van der Waals surface area contributed by atoms with Crippen LogP contribution in [0.3, 0.4) is 0 Å². The summed E-state index contributed by atoms with van der Waals surface area (Å²) in [4.78, 5) is 21.5. The number of amides is 2. The third-order valence-electron chi connectivity index (χ3n) is 3.99. The molecular formula is C17H22N4O2S. The first kappa shape index (κ1) is 16.9. The number of carbonyl (C=O) groups is 1. The molecule has 0 aliphatic carbocycles. The second kappa shape index (κ2) is 8.21. The number of aromatic nitrogens is 2. The predicted molar refractivity (Wildman–Crippen MR) is 95.3 cm³/mol. The van der Waals surface area contributed by atoms with Crippen LogP contribution in [-0.4, -0.2) is 35.3 Å². The number of ether oxygens (including phenoxy) is 1. The van der Waals surface area contributed by atoms with Crippen molar-refractivity contribution in [2.45, 2.75) is 38.7 Å². The van der Waals surface area contributed by atoms with Crippen LogP contribution >= 0.6 is 11.3 Å². The minimum absolute atomic E-state index is 0.221. The molecule has 2 amide bonds. The van der Waals surface area contributed by atoms with E-state index in [9.17, 15) is 4.79 Å². The average Bonchev–Trinajstić information content (AvgIpc) is 2.97. The lowest BCUT2D eigenvalue weighted by Crippen LogP contribution is -2.32. The predicted octanol–water partition coefficient (Wildman–Crippen LogP) is 3.59. The van der Waals surface area contributed by atoms with Gasteiger partial charge < -0.3 is 10.1 Å². The molecule has 7 heteroatoms. The van der Waals surface area contributed by atoms with Crippen molar-refractivity contribution in [3.05, 3.63) is 30.2 Å². The summed E-state index contributed by atoms with van der Waals surface area (Å²) >= 11 is 1.47. The first-order chi connectivity index (χ1) is 11.7. The highest BCUT2D eigenvalue weighted by Gasteiger charge is 2.15. The molecule has 1 aliphatic heterocycles. The molecule has 0 saturated carbocycles. The monoisotopic (exact) mass is 346 g/mol. The van der Waals surface area contributed by atoms with Gasteiger partial charge in [-0.25, -0.2) is 9.78 Å². The van der Waals surface area contributed by atoms with Gasteiger partial charge in [0.15, 0.2) is 5.13 Å². The summed E-state index contributed by atoms with van der Waals surface area (Å²) in [6, 6.07) is 3.66. The number of hydrogen-bond donors (Lipinski definition) is 2. The van der Waals surface area contributed by atoms with E-state index in [0.717, 1.165) is 42.0 Å². The van der Waals surface area contributed by atoms with Gasteiger partial charge in [0.1, 0.15) is 0 Å². The van der Waals surface area contributed by atoms with E-state index < -0.39 is 0 Å². The molecule has 1 atom stereocenters. The maximum Gasteiger partial charge on any atom is 0.321 e. The molecule has 3 heterocycles. The van der Waals surface area contributed by atoms with E-state index in [4.69, 9.17) is 4.74 Å². The molecule has 24 heavy (non-hydrogen) atoms. The molecule has 0 aromatic carbocycles. The lowest BCUT2D eigenvalue weighted by atomic mass is 10.1. The highest BCUT2D eigenvalue weighted by atomic mass is 32.1. The van der Waals surface area contributed by atoms with Gasteiger partial charge in [0, 0.05) is 25.5 Å². The highest BCUT2D eigenvalue weighted by Crippen LogP contribution is 2.32. The van der Waals surface area contributed by atoms with Crippen molar-refractivity contribution in [3.8, 4) is 10.4 Å². The molecule has 128 valence electrons. The number of thiazole rings is 1. The molecular weight excluding hydrogens is 324 g/mol. The van der Waals surface area contributed by atoms with E-state index in [0.29, 0.717) is 11.7 Å². The van der Waals surface area contributed by atoms with E-state index in [1.807, 2.05) is 19.1 Å². The zero-order valence-corrected chi connectivity index (χ0v) is 14.6. The average molecular weight is 346 g/mol. The van der Waals surface area contributed by atoms with Gasteiger partial charge in [-0.3, -0.25) is 10.3 Å². The second-order valence-corrected chi connectivity index (χ2v) is 6.83. The number of carbonyl (C=O) groups excluding carboxylic acids is 1. The topological polar surface area (TPSA) is 76.1 Å². The third-order valence-corrected chi connectivity index (χ3v) is 5.11. The molecule has 2 aromatic rings. The van der Waals surface area contributed by atoms with Crippen LogP contribution in [0.15, 0.2) is 24.5 Å². The van der Waals surface area contributed by atoms with Crippen LogP contribution in [-0.2, 0) is 4.74 Å². The van der Waals surface area contributed by atoms with E-state index in [2.05, 4.69) is 20.6 Å². The summed E-state index contributed by atoms with van der Waals surface area (Å²) in [5.41, 5.74) is 1.96. The number of aryl methyl sites for hydroxylation is 1. The SMILES string of the molecule is Cc1nc(NC(=O)NCCC2CCCCO2)sc1-c1ccncc1. The zero-order chi connectivity index (χ0) is 16.8. The second-order valence-electron chi connectivity index (χ2n) is 5.83. The van der Waals surface area contributed by atoms with Gasteiger partial charge in [0.05, 0.1) is 16.7 Å². The minimum atomic E-state index is -0.221. The standard InChI is InChI=1S/C17H22N4O2S/c1-12-15(13-5-8-18-9-6-13)24-17(20-12)21-16(22)19-10-7-14-4-2-3-11-23-14/h5-6,8-9,14H,2-4,7,10-11H2,1H3,(H2,19,20,21,22). The quantitative estimate of drug-likeness (QED) is 0.867. The molecule has 0 spiro atoms. The molecule has 6 nitrogen and oxygen atoms in total. The Balaban J connectivity index is 1.49. The smallest absolute Gasteiger partial charge is 0.321 e. The van der Waals surface area contributed by atoms with Crippen molar-refractivity contribution in [2.75, 3.05) is 18.5 Å². The molecule has 1 saturated heterocycles. The third kappa shape index (κ3) is 4.52. The minimum Gasteiger partial charge on any atom is -0.378 e. The molecule has 1 aliphatic rings. The molecule has 1 fully saturated rings. The highest BCUT2D eigenvalue weighted by molar-refractivity contribution is 7.19. The fourth-order valence-electron chi connectivity index (χ4n) is 2.74. The summed E-state index contributed by atoms with van der Waals surface area (Å²) in [5.74, 6) is 0. The van der Waals surface area contributed by atoms with Crippen molar-refractivity contribution < 1.29 is 9.53 Å². The van der Waals surface area contributed by atoms with Crippen LogP contribution in [0.5, 0.6) is 0 Å². The van der Waals surface area contributed by atoms with Gasteiger partial charge in [0.2, 0.25) is 0 Å². The number of nitrogens with one attached hydrogen (secondary N) is 2. The summed E-state index contributed by atoms with van der Waals surface area (Å²) in [5, 5.41) is 6.29. The molecule has 2 N–H and O–H groups in total. The lowest BCUT2D eigenvalue weighted by Gasteiger charge is -2.22. The Bertz CT molecular complexity index is 668. The zero-order valence-electron chi connectivity index (χ0n) is 13.7. The summed E-state index contributed by atoms with van der Waals surface area (Å²) in [7, 11) is 0. The Morgan fingerprint density at radius 3 is 2.96 bits per heavy atom. The van der Waals surface area contributed by atoms with Gasteiger partial charge in [-0.15, -0.1) is 0 Å². The molecule has 0 radical (unpaired) electrons. The van der Waals surface area contributed by atoms with Gasteiger partial charge in [0.25, 0.3) is 0 Å². The number of urea groups is 1. The van der Waals surface area contributed by atoms with Crippen molar-refractivity contribution in [2.24, 2.45) is 0 Å². The van der Waals surface area contributed by atoms with E-state index >= 15 is 0 Å². The van der Waals surface area contributed by atoms with Crippen LogP contribution in [0, 0.1) is 6.92 Å². The Labute approximate surface area is 145 Å². The largest absolute Gasteiger partial charge is 0.378 e. The lowest BCUT2D eigenvalue weighted by molar-refractivity contribution is 0.0120. The first-order valence-electron chi connectivity index (χ1n) is 8.26. The number of pyridine rings is 1. The van der Waals surface area contributed by atoms with E-state index in [-0.39, 0.29) is 12.1 Å². The summed E-state index contributed by atoms with van der Waals surface area (Å²) < 4.78 is 5.66. The molecule has 0 bridgehead atoms. The Morgan fingerprint density at radius 2 is 2.21 bits per heavy atom.